The molecule has 0 saturated heterocycles. The lowest BCUT2D eigenvalue weighted by molar-refractivity contribution is -0.143. The van der Waals surface area contributed by atoms with Crippen molar-refractivity contribution in [1.29, 1.82) is 0 Å². The van der Waals surface area contributed by atoms with Crippen LogP contribution in [0.4, 0.5) is 5.69 Å². The van der Waals surface area contributed by atoms with Gasteiger partial charge in [0.25, 0.3) is 0 Å². The molecule has 1 atom stereocenters. The Labute approximate surface area is 118 Å². The Hall–Kier alpha value is -1.88. The van der Waals surface area contributed by atoms with Crippen LogP contribution in [0.15, 0.2) is 18.2 Å². The van der Waals surface area contributed by atoms with Crippen LogP contribution in [-0.2, 0) is 22.6 Å². The summed E-state index contributed by atoms with van der Waals surface area (Å²) in [6.45, 7) is 4.70. The van der Waals surface area contributed by atoms with Gasteiger partial charge in [0.2, 0.25) is 5.91 Å². The Bertz CT molecular complexity index is 528. The minimum Gasteiger partial charge on any atom is -0.480 e. The maximum atomic E-state index is 11.3. The van der Waals surface area contributed by atoms with Crippen molar-refractivity contribution in [3.8, 4) is 0 Å². The second-order valence-electron chi connectivity index (χ2n) is 5.11. The van der Waals surface area contributed by atoms with Crippen molar-refractivity contribution in [2.75, 3.05) is 11.9 Å². The van der Waals surface area contributed by atoms with Crippen molar-refractivity contribution in [3.05, 3.63) is 29.3 Å². The Balaban J connectivity index is 2.23. The average Bonchev–Trinajstić information content (AvgIpc) is 2.38. The number of anilines is 1. The first-order chi connectivity index (χ1) is 9.52. The fourth-order valence-corrected chi connectivity index (χ4v) is 2.79. The first kappa shape index (κ1) is 14.5. The normalized spacial score (nSPS) is 16.3. The molecule has 1 heterocycles. The number of benzene rings is 1. The van der Waals surface area contributed by atoms with Gasteiger partial charge in [-0.15, -0.1) is 0 Å². The van der Waals surface area contributed by atoms with Gasteiger partial charge in [0.15, 0.2) is 0 Å². The zero-order chi connectivity index (χ0) is 14.7. The van der Waals surface area contributed by atoms with Crippen molar-refractivity contribution >= 4 is 17.6 Å². The third-order valence-corrected chi connectivity index (χ3v) is 3.72. The molecule has 108 valence electrons. The summed E-state index contributed by atoms with van der Waals surface area (Å²) in [4.78, 5) is 24.5. The van der Waals surface area contributed by atoms with E-state index in [0.717, 1.165) is 23.2 Å². The number of hydrogen-bond acceptors (Lipinski definition) is 3. The third-order valence-electron chi connectivity index (χ3n) is 3.72. The fraction of sp³-hybridized carbons (Fsp3) is 0.467. The number of fused-ring (bicyclic) bond motifs is 1. The van der Waals surface area contributed by atoms with E-state index in [1.54, 1.807) is 0 Å². The molecule has 1 aliphatic rings. The smallest absolute Gasteiger partial charge is 0.320 e. The number of aliphatic carboxylic acids is 1. The molecule has 20 heavy (non-hydrogen) atoms. The highest BCUT2D eigenvalue weighted by Crippen LogP contribution is 2.27. The molecule has 0 aliphatic carbocycles. The van der Waals surface area contributed by atoms with Gasteiger partial charge in [-0.1, -0.05) is 19.1 Å². The van der Waals surface area contributed by atoms with Crippen molar-refractivity contribution in [2.24, 2.45) is 0 Å². The van der Waals surface area contributed by atoms with Gasteiger partial charge in [0.1, 0.15) is 6.04 Å². The third kappa shape index (κ3) is 2.99. The molecule has 0 fully saturated rings. The standard InChI is InChI=1S/C15H20N2O3/c1-3-14(15(19)20)17-8-7-12-11(9-17)5-4-6-13(12)16-10(2)18/h4-6,14H,3,7-9H2,1-2H3,(H,16,18)(H,19,20)/t14-/m0/s1. The lowest BCUT2D eigenvalue weighted by atomic mass is 9.96. The molecule has 0 aromatic heterocycles. The van der Waals surface area contributed by atoms with E-state index < -0.39 is 12.0 Å². The minimum atomic E-state index is -0.769. The number of carbonyl (C=O) groups excluding carboxylic acids is 1. The van der Waals surface area contributed by atoms with Gasteiger partial charge >= 0.3 is 5.97 Å². The minimum absolute atomic E-state index is 0.0854. The predicted molar refractivity (Wildman–Crippen MR) is 76.6 cm³/mol. The predicted octanol–water partition coefficient (Wildman–Crippen LogP) is 1.87. The van der Waals surface area contributed by atoms with Crippen molar-refractivity contribution < 1.29 is 14.7 Å². The number of rotatable bonds is 4. The number of carboxylic acid groups (broad SMARTS) is 1. The number of carboxylic acids is 1. The van der Waals surface area contributed by atoms with Crippen molar-refractivity contribution in [2.45, 2.75) is 39.3 Å². The Morgan fingerprint density at radius 1 is 1.45 bits per heavy atom. The largest absolute Gasteiger partial charge is 0.480 e. The van der Waals surface area contributed by atoms with Crippen LogP contribution in [0, 0.1) is 0 Å². The van der Waals surface area contributed by atoms with Crippen LogP contribution in [-0.4, -0.2) is 34.5 Å². The summed E-state index contributed by atoms with van der Waals surface area (Å²) in [5, 5.41) is 12.1. The molecule has 1 aromatic rings. The average molecular weight is 276 g/mol. The first-order valence-electron chi connectivity index (χ1n) is 6.88. The monoisotopic (exact) mass is 276 g/mol. The highest BCUT2D eigenvalue weighted by Gasteiger charge is 2.28. The summed E-state index contributed by atoms with van der Waals surface area (Å²) in [5.41, 5.74) is 3.07. The lowest BCUT2D eigenvalue weighted by Crippen LogP contribution is -2.43. The number of nitrogens with zero attached hydrogens (tertiary/aromatic N) is 1. The molecule has 0 bridgehead atoms. The number of amides is 1. The maximum absolute atomic E-state index is 11.3. The van der Waals surface area contributed by atoms with Gasteiger partial charge in [0.05, 0.1) is 0 Å². The van der Waals surface area contributed by atoms with Crippen molar-refractivity contribution in [3.63, 3.8) is 0 Å². The summed E-state index contributed by atoms with van der Waals surface area (Å²) in [6, 6.07) is 5.36. The summed E-state index contributed by atoms with van der Waals surface area (Å²) in [6.07, 6.45) is 1.35. The SMILES string of the molecule is CC[C@@H](C(=O)O)N1CCc2c(cccc2NC(C)=O)C1. The Kier molecular flexibility index (Phi) is 4.39. The highest BCUT2D eigenvalue weighted by molar-refractivity contribution is 5.89. The van der Waals surface area contributed by atoms with E-state index in [1.165, 1.54) is 6.92 Å². The molecule has 1 aliphatic heterocycles. The van der Waals surface area contributed by atoms with E-state index in [0.29, 0.717) is 19.5 Å². The molecule has 0 radical (unpaired) electrons. The maximum Gasteiger partial charge on any atom is 0.320 e. The zero-order valence-corrected chi connectivity index (χ0v) is 11.8. The van der Waals surface area contributed by atoms with Crippen LogP contribution < -0.4 is 5.32 Å². The van der Waals surface area contributed by atoms with E-state index in [1.807, 2.05) is 30.0 Å². The van der Waals surface area contributed by atoms with Crippen LogP contribution in [0.1, 0.15) is 31.4 Å². The topological polar surface area (TPSA) is 69.6 Å². The van der Waals surface area contributed by atoms with Crippen LogP contribution in [0.25, 0.3) is 0 Å². The first-order valence-corrected chi connectivity index (χ1v) is 6.88. The molecule has 2 rings (SSSR count). The molecule has 0 saturated carbocycles. The molecule has 1 aromatic carbocycles. The fourth-order valence-electron chi connectivity index (χ4n) is 2.79. The summed E-state index contributed by atoms with van der Waals surface area (Å²) in [7, 11) is 0. The van der Waals surface area contributed by atoms with Gasteiger partial charge in [-0.2, -0.15) is 0 Å². The lowest BCUT2D eigenvalue weighted by Gasteiger charge is -2.33. The molecule has 0 spiro atoms. The zero-order valence-electron chi connectivity index (χ0n) is 11.8. The van der Waals surface area contributed by atoms with Gasteiger partial charge in [-0.3, -0.25) is 14.5 Å². The Morgan fingerprint density at radius 2 is 2.20 bits per heavy atom. The van der Waals surface area contributed by atoms with E-state index in [9.17, 15) is 14.7 Å². The number of carbonyl (C=O) groups is 2. The molecule has 2 N–H and O–H groups in total. The summed E-state index contributed by atoms with van der Waals surface area (Å²) >= 11 is 0. The molecular weight excluding hydrogens is 256 g/mol. The second-order valence-corrected chi connectivity index (χ2v) is 5.11. The van der Waals surface area contributed by atoms with Crippen molar-refractivity contribution in [1.82, 2.24) is 4.90 Å². The van der Waals surface area contributed by atoms with Gasteiger partial charge in [0, 0.05) is 25.7 Å². The van der Waals surface area contributed by atoms with E-state index in [-0.39, 0.29) is 5.91 Å². The van der Waals surface area contributed by atoms with Gasteiger partial charge in [-0.25, -0.2) is 0 Å². The van der Waals surface area contributed by atoms with Crippen LogP contribution in [0.2, 0.25) is 0 Å². The number of hydrogen-bond donors (Lipinski definition) is 2. The van der Waals surface area contributed by atoms with Gasteiger partial charge in [-0.05, 0) is 30.0 Å². The molecule has 1 amide bonds. The van der Waals surface area contributed by atoms with Crippen LogP contribution in [0.3, 0.4) is 0 Å². The van der Waals surface area contributed by atoms with E-state index in [2.05, 4.69) is 5.32 Å². The van der Waals surface area contributed by atoms with Gasteiger partial charge < -0.3 is 10.4 Å². The quantitative estimate of drug-likeness (QED) is 0.880. The molecule has 5 heteroatoms. The highest BCUT2D eigenvalue weighted by atomic mass is 16.4. The molecule has 0 unspecified atom stereocenters. The summed E-state index contributed by atoms with van der Waals surface area (Å²) in [5.74, 6) is -0.855. The Morgan fingerprint density at radius 3 is 2.80 bits per heavy atom. The van der Waals surface area contributed by atoms with Crippen LogP contribution >= 0.6 is 0 Å². The number of nitrogens with one attached hydrogen (secondary N) is 1. The molecule has 5 nitrogen and oxygen atoms in total. The van der Waals surface area contributed by atoms with E-state index in [4.69, 9.17) is 0 Å². The molecular formula is C15H20N2O3. The van der Waals surface area contributed by atoms with E-state index >= 15 is 0 Å². The second kappa shape index (κ2) is 6.05. The van der Waals surface area contributed by atoms with Crippen LogP contribution in [0.5, 0.6) is 0 Å². The summed E-state index contributed by atoms with van der Waals surface area (Å²) < 4.78 is 0.